The van der Waals surface area contributed by atoms with E-state index in [1.807, 2.05) is 44.2 Å². The third kappa shape index (κ3) is 4.52. The number of unbranched alkanes of at least 4 members (excludes halogenated alkanes) is 1. The standard InChI is InChI=1S/C18H25N3O2.ClH/c1-13-12-17(18(22)20-11-5-4-10-19)14(2)21(13)15-6-8-16(23-3)9-7-15;/h6-9,12H,4-5,10-11,19H2,1-3H3,(H,20,22);1H. The van der Waals surface area contributed by atoms with E-state index in [1.165, 1.54) is 0 Å². The fourth-order valence-electron chi connectivity index (χ4n) is 2.69. The first kappa shape index (κ1) is 20.1. The second-order valence-electron chi connectivity index (χ2n) is 5.57. The number of methoxy groups -OCH3 is 1. The van der Waals surface area contributed by atoms with Crippen molar-refractivity contribution in [3.8, 4) is 11.4 Å². The lowest BCUT2D eigenvalue weighted by Gasteiger charge is -2.11. The molecule has 0 aliphatic heterocycles. The fourth-order valence-corrected chi connectivity index (χ4v) is 2.69. The van der Waals surface area contributed by atoms with Gasteiger partial charge in [0.2, 0.25) is 0 Å². The molecule has 1 amide bonds. The fraction of sp³-hybridized carbons (Fsp3) is 0.389. The number of nitrogens with two attached hydrogens (primary N) is 1. The van der Waals surface area contributed by atoms with Crippen LogP contribution in [0.3, 0.4) is 0 Å². The van der Waals surface area contributed by atoms with Gasteiger partial charge >= 0.3 is 0 Å². The molecular weight excluding hydrogens is 326 g/mol. The molecule has 0 atom stereocenters. The van der Waals surface area contributed by atoms with E-state index in [2.05, 4.69) is 9.88 Å². The Morgan fingerprint density at radius 2 is 1.88 bits per heavy atom. The van der Waals surface area contributed by atoms with Crippen molar-refractivity contribution in [2.75, 3.05) is 20.2 Å². The Kier molecular flexibility index (Phi) is 7.82. The van der Waals surface area contributed by atoms with E-state index in [4.69, 9.17) is 10.5 Å². The normalized spacial score (nSPS) is 10.2. The summed E-state index contributed by atoms with van der Waals surface area (Å²) >= 11 is 0. The molecule has 0 aliphatic rings. The summed E-state index contributed by atoms with van der Waals surface area (Å²) in [6, 6.07) is 9.74. The molecule has 0 unspecified atom stereocenters. The summed E-state index contributed by atoms with van der Waals surface area (Å²) in [5.41, 5.74) is 9.16. The lowest BCUT2D eigenvalue weighted by atomic mass is 10.2. The van der Waals surface area contributed by atoms with E-state index in [-0.39, 0.29) is 18.3 Å². The van der Waals surface area contributed by atoms with Gasteiger partial charge in [0.15, 0.2) is 0 Å². The lowest BCUT2D eigenvalue weighted by molar-refractivity contribution is 0.0952. The second-order valence-corrected chi connectivity index (χ2v) is 5.57. The van der Waals surface area contributed by atoms with Crippen molar-refractivity contribution >= 4 is 18.3 Å². The molecule has 2 rings (SSSR count). The van der Waals surface area contributed by atoms with Crippen molar-refractivity contribution in [3.05, 3.63) is 47.3 Å². The van der Waals surface area contributed by atoms with E-state index in [9.17, 15) is 4.79 Å². The number of hydrogen-bond acceptors (Lipinski definition) is 3. The molecule has 1 aromatic heterocycles. The Hall–Kier alpha value is -1.98. The third-order valence-corrected chi connectivity index (χ3v) is 3.92. The van der Waals surface area contributed by atoms with Gasteiger partial charge in [-0.15, -0.1) is 12.4 Å². The first-order chi connectivity index (χ1) is 11.1. The summed E-state index contributed by atoms with van der Waals surface area (Å²) < 4.78 is 7.27. The van der Waals surface area contributed by atoms with Crippen LogP contribution in [-0.2, 0) is 0 Å². The van der Waals surface area contributed by atoms with Crippen LogP contribution in [0.2, 0.25) is 0 Å². The van der Waals surface area contributed by atoms with Crippen molar-refractivity contribution in [1.29, 1.82) is 0 Å². The minimum Gasteiger partial charge on any atom is -0.497 e. The smallest absolute Gasteiger partial charge is 0.253 e. The highest BCUT2D eigenvalue weighted by Gasteiger charge is 2.16. The minimum atomic E-state index is -0.0325. The van der Waals surface area contributed by atoms with Crippen molar-refractivity contribution in [2.45, 2.75) is 26.7 Å². The number of rotatable bonds is 7. The molecule has 0 bridgehead atoms. The highest BCUT2D eigenvalue weighted by atomic mass is 35.5. The number of benzene rings is 1. The zero-order chi connectivity index (χ0) is 16.8. The molecule has 6 heteroatoms. The molecular formula is C18H26ClN3O2. The number of hydrogen-bond donors (Lipinski definition) is 2. The quantitative estimate of drug-likeness (QED) is 0.753. The Labute approximate surface area is 149 Å². The zero-order valence-electron chi connectivity index (χ0n) is 14.5. The number of aryl methyl sites for hydroxylation is 1. The van der Waals surface area contributed by atoms with Gasteiger partial charge in [-0.3, -0.25) is 4.79 Å². The van der Waals surface area contributed by atoms with Crippen LogP contribution in [0.4, 0.5) is 0 Å². The third-order valence-electron chi connectivity index (χ3n) is 3.92. The van der Waals surface area contributed by atoms with Crippen LogP contribution < -0.4 is 15.8 Å². The summed E-state index contributed by atoms with van der Waals surface area (Å²) in [5.74, 6) is 0.781. The van der Waals surface area contributed by atoms with Gasteiger partial charge in [-0.05, 0) is 63.6 Å². The second kappa shape index (κ2) is 9.35. The van der Waals surface area contributed by atoms with Crippen LogP contribution >= 0.6 is 12.4 Å². The number of aromatic nitrogens is 1. The average molecular weight is 352 g/mol. The zero-order valence-corrected chi connectivity index (χ0v) is 15.3. The number of carbonyl (C=O) groups is 1. The van der Waals surface area contributed by atoms with E-state index in [0.717, 1.165) is 35.7 Å². The molecule has 5 nitrogen and oxygen atoms in total. The molecule has 2 aromatic rings. The molecule has 0 saturated carbocycles. The summed E-state index contributed by atoms with van der Waals surface area (Å²) in [6.45, 7) is 5.28. The monoisotopic (exact) mass is 351 g/mol. The van der Waals surface area contributed by atoms with Crippen molar-refractivity contribution in [1.82, 2.24) is 9.88 Å². The first-order valence-electron chi connectivity index (χ1n) is 7.90. The molecule has 24 heavy (non-hydrogen) atoms. The number of ether oxygens (including phenoxy) is 1. The molecule has 0 spiro atoms. The number of carbonyl (C=O) groups excluding carboxylic acids is 1. The van der Waals surface area contributed by atoms with Gasteiger partial charge in [0.05, 0.1) is 12.7 Å². The van der Waals surface area contributed by atoms with Crippen LogP contribution in [0.15, 0.2) is 30.3 Å². The first-order valence-corrected chi connectivity index (χ1v) is 7.90. The maximum absolute atomic E-state index is 12.4. The van der Waals surface area contributed by atoms with Crippen molar-refractivity contribution < 1.29 is 9.53 Å². The molecule has 3 N–H and O–H groups in total. The summed E-state index contributed by atoms with van der Waals surface area (Å²) in [7, 11) is 1.65. The highest BCUT2D eigenvalue weighted by molar-refractivity contribution is 5.95. The Morgan fingerprint density at radius 1 is 1.21 bits per heavy atom. The lowest BCUT2D eigenvalue weighted by Crippen LogP contribution is -2.25. The number of halogens is 1. The Balaban J connectivity index is 0.00000288. The summed E-state index contributed by atoms with van der Waals surface area (Å²) in [6.07, 6.45) is 1.82. The molecule has 0 saturated heterocycles. The van der Waals surface area contributed by atoms with E-state index >= 15 is 0 Å². The van der Waals surface area contributed by atoms with Crippen LogP contribution in [-0.4, -0.2) is 30.7 Å². The van der Waals surface area contributed by atoms with Crippen LogP contribution in [0.5, 0.6) is 5.75 Å². The molecule has 1 heterocycles. The molecule has 132 valence electrons. The Morgan fingerprint density at radius 3 is 2.46 bits per heavy atom. The van der Waals surface area contributed by atoms with Gasteiger partial charge in [-0.2, -0.15) is 0 Å². The molecule has 0 radical (unpaired) electrons. The molecule has 0 aliphatic carbocycles. The number of nitrogens with one attached hydrogen (secondary N) is 1. The maximum atomic E-state index is 12.4. The number of amides is 1. The summed E-state index contributed by atoms with van der Waals surface area (Å²) in [5, 5.41) is 2.96. The van der Waals surface area contributed by atoms with Gasteiger partial charge in [-0.25, -0.2) is 0 Å². The van der Waals surface area contributed by atoms with Crippen LogP contribution in [0.1, 0.15) is 34.6 Å². The predicted octanol–water partition coefficient (Wildman–Crippen LogP) is 2.99. The molecule has 0 fully saturated rings. The van der Waals surface area contributed by atoms with E-state index < -0.39 is 0 Å². The SMILES string of the molecule is COc1ccc(-n2c(C)cc(C(=O)NCCCCN)c2C)cc1.Cl. The highest BCUT2D eigenvalue weighted by Crippen LogP contribution is 2.22. The Bertz CT molecular complexity index is 666. The van der Waals surface area contributed by atoms with Gasteiger partial charge in [0.1, 0.15) is 5.75 Å². The molecule has 1 aromatic carbocycles. The number of nitrogens with zero attached hydrogens (tertiary/aromatic N) is 1. The predicted molar refractivity (Wildman–Crippen MR) is 99.7 cm³/mol. The van der Waals surface area contributed by atoms with Crippen molar-refractivity contribution in [3.63, 3.8) is 0 Å². The van der Waals surface area contributed by atoms with Gasteiger partial charge in [-0.1, -0.05) is 0 Å². The van der Waals surface area contributed by atoms with Crippen LogP contribution in [0, 0.1) is 13.8 Å². The van der Waals surface area contributed by atoms with Gasteiger partial charge in [0.25, 0.3) is 5.91 Å². The maximum Gasteiger partial charge on any atom is 0.253 e. The van der Waals surface area contributed by atoms with E-state index in [1.54, 1.807) is 7.11 Å². The van der Waals surface area contributed by atoms with Crippen molar-refractivity contribution in [2.24, 2.45) is 5.73 Å². The minimum absolute atomic E-state index is 0. The van der Waals surface area contributed by atoms with Gasteiger partial charge < -0.3 is 20.4 Å². The summed E-state index contributed by atoms with van der Waals surface area (Å²) in [4.78, 5) is 12.4. The van der Waals surface area contributed by atoms with Gasteiger partial charge in [0, 0.05) is 23.6 Å². The van der Waals surface area contributed by atoms with E-state index in [0.29, 0.717) is 18.7 Å². The van der Waals surface area contributed by atoms with Crippen LogP contribution in [0.25, 0.3) is 5.69 Å². The average Bonchev–Trinajstić information content (AvgIpc) is 2.86. The topological polar surface area (TPSA) is 69.3 Å². The largest absolute Gasteiger partial charge is 0.497 e.